The van der Waals surface area contributed by atoms with Crippen molar-refractivity contribution in [2.75, 3.05) is 11.9 Å². The van der Waals surface area contributed by atoms with Crippen LogP contribution in [0.5, 0.6) is 0 Å². The molecule has 0 amide bonds. The molecule has 0 aliphatic rings. The van der Waals surface area contributed by atoms with Crippen LogP contribution in [0.15, 0.2) is 49.1 Å². The first-order chi connectivity index (χ1) is 9.38. The Balaban J connectivity index is 2.16. The van der Waals surface area contributed by atoms with E-state index in [-0.39, 0.29) is 0 Å². The summed E-state index contributed by atoms with van der Waals surface area (Å²) < 4.78 is 0. The standard InChI is InChI=1S/C15H14N4/c1-2-18-15-10-17-9-14(19-15)13-8-16-7-11-5-3-4-6-12(11)13/h3-10H,2H2,1H3,(H,18,19). The molecule has 0 aliphatic carbocycles. The van der Waals surface area contributed by atoms with Crippen LogP contribution >= 0.6 is 0 Å². The van der Waals surface area contributed by atoms with Gasteiger partial charge >= 0.3 is 0 Å². The lowest BCUT2D eigenvalue weighted by Crippen LogP contribution is -2.00. The lowest BCUT2D eigenvalue weighted by molar-refractivity contribution is 1.12. The van der Waals surface area contributed by atoms with Gasteiger partial charge in [-0.25, -0.2) is 4.98 Å². The average molecular weight is 250 g/mol. The van der Waals surface area contributed by atoms with Crippen LogP contribution in [0.25, 0.3) is 22.0 Å². The van der Waals surface area contributed by atoms with Crippen LogP contribution in [0.1, 0.15) is 6.92 Å². The van der Waals surface area contributed by atoms with Crippen LogP contribution < -0.4 is 5.32 Å². The Kier molecular flexibility index (Phi) is 3.06. The van der Waals surface area contributed by atoms with Crippen molar-refractivity contribution in [3.63, 3.8) is 0 Å². The lowest BCUT2D eigenvalue weighted by atomic mass is 10.1. The fourth-order valence-electron chi connectivity index (χ4n) is 2.08. The summed E-state index contributed by atoms with van der Waals surface area (Å²) in [6, 6.07) is 8.16. The highest BCUT2D eigenvalue weighted by Gasteiger charge is 2.06. The van der Waals surface area contributed by atoms with Gasteiger partial charge in [-0.2, -0.15) is 0 Å². The normalized spacial score (nSPS) is 10.6. The van der Waals surface area contributed by atoms with E-state index < -0.39 is 0 Å². The maximum absolute atomic E-state index is 4.57. The number of rotatable bonds is 3. The molecule has 0 spiro atoms. The van der Waals surface area contributed by atoms with E-state index in [9.17, 15) is 0 Å². The van der Waals surface area contributed by atoms with Crippen molar-refractivity contribution in [1.29, 1.82) is 0 Å². The van der Waals surface area contributed by atoms with E-state index in [4.69, 9.17) is 0 Å². The van der Waals surface area contributed by atoms with Gasteiger partial charge in [0.15, 0.2) is 0 Å². The SMILES string of the molecule is CCNc1cncc(-c2cncc3ccccc23)n1. The summed E-state index contributed by atoms with van der Waals surface area (Å²) in [6.45, 7) is 2.86. The van der Waals surface area contributed by atoms with Crippen molar-refractivity contribution in [2.45, 2.75) is 6.92 Å². The van der Waals surface area contributed by atoms with Gasteiger partial charge in [0, 0.05) is 29.9 Å². The fraction of sp³-hybridized carbons (Fsp3) is 0.133. The summed E-state index contributed by atoms with van der Waals surface area (Å²) >= 11 is 0. The zero-order chi connectivity index (χ0) is 13.1. The summed E-state index contributed by atoms with van der Waals surface area (Å²) in [5.74, 6) is 0.785. The molecule has 0 fully saturated rings. The van der Waals surface area contributed by atoms with Gasteiger partial charge < -0.3 is 5.32 Å². The first-order valence-electron chi connectivity index (χ1n) is 6.27. The number of pyridine rings is 1. The molecule has 4 nitrogen and oxygen atoms in total. The molecule has 94 valence electrons. The van der Waals surface area contributed by atoms with Crippen molar-refractivity contribution in [3.8, 4) is 11.3 Å². The second-order valence-corrected chi connectivity index (χ2v) is 4.23. The Bertz CT molecular complexity index is 704. The molecule has 0 aliphatic heterocycles. The largest absolute Gasteiger partial charge is 0.369 e. The minimum Gasteiger partial charge on any atom is -0.369 e. The molecule has 2 aromatic heterocycles. The van der Waals surface area contributed by atoms with Crippen molar-refractivity contribution >= 4 is 16.6 Å². The molecule has 19 heavy (non-hydrogen) atoms. The highest BCUT2D eigenvalue weighted by atomic mass is 15.0. The quantitative estimate of drug-likeness (QED) is 0.776. The van der Waals surface area contributed by atoms with Crippen molar-refractivity contribution < 1.29 is 0 Å². The van der Waals surface area contributed by atoms with Crippen molar-refractivity contribution in [2.24, 2.45) is 0 Å². The van der Waals surface area contributed by atoms with E-state index >= 15 is 0 Å². The highest BCUT2D eigenvalue weighted by Crippen LogP contribution is 2.26. The summed E-state index contributed by atoms with van der Waals surface area (Å²) in [4.78, 5) is 13.1. The lowest BCUT2D eigenvalue weighted by Gasteiger charge is -2.07. The number of nitrogens with one attached hydrogen (secondary N) is 1. The molecule has 0 saturated carbocycles. The van der Waals surface area contributed by atoms with E-state index in [1.165, 1.54) is 0 Å². The monoisotopic (exact) mass is 250 g/mol. The van der Waals surface area contributed by atoms with Crippen molar-refractivity contribution in [1.82, 2.24) is 15.0 Å². The zero-order valence-electron chi connectivity index (χ0n) is 10.7. The molecular formula is C15H14N4. The molecule has 2 heterocycles. The first kappa shape index (κ1) is 11.6. The third kappa shape index (κ3) is 2.25. The van der Waals surface area contributed by atoms with Gasteiger partial charge in [0.2, 0.25) is 0 Å². The summed E-state index contributed by atoms with van der Waals surface area (Å²) in [6.07, 6.45) is 7.19. The van der Waals surface area contributed by atoms with Gasteiger partial charge in [-0.15, -0.1) is 0 Å². The molecule has 1 N–H and O–H groups in total. The van der Waals surface area contributed by atoms with Crippen molar-refractivity contribution in [3.05, 3.63) is 49.1 Å². The van der Waals surface area contributed by atoms with Crippen LogP contribution in [-0.4, -0.2) is 21.5 Å². The molecule has 0 unspecified atom stereocenters. The predicted molar refractivity (Wildman–Crippen MR) is 76.9 cm³/mol. The minimum absolute atomic E-state index is 0.785. The van der Waals surface area contributed by atoms with Crippen LogP contribution in [-0.2, 0) is 0 Å². The third-order valence-electron chi connectivity index (χ3n) is 2.94. The van der Waals surface area contributed by atoms with Gasteiger partial charge in [-0.3, -0.25) is 9.97 Å². The zero-order valence-corrected chi connectivity index (χ0v) is 10.7. The van der Waals surface area contributed by atoms with Crippen LogP contribution in [0, 0.1) is 0 Å². The fourth-order valence-corrected chi connectivity index (χ4v) is 2.08. The summed E-state index contributed by atoms with van der Waals surface area (Å²) in [5.41, 5.74) is 1.84. The average Bonchev–Trinajstić information content (AvgIpc) is 2.47. The van der Waals surface area contributed by atoms with Crippen LogP contribution in [0.3, 0.4) is 0 Å². The van der Waals surface area contributed by atoms with Gasteiger partial charge in [0.1, 0.15) is 5.82 Å². The van der Waals surface area contributed by atoms with Gasteiger partial charge in [-0.1, -0.05) is 24.3 Å². The van der Waals surface area contributed by atoms with Gasteiger partial charge in [0.05, 0.1) is 18.1 Å². The molecule has 0 saturated heterocycles. The Morgan fingerprint density at radius 1 is 1.00 bits per heavy atom. The number of anilines is 1. The number of aromatic nitrogens is 3. The van der Waals surface area contributed by atoms with E-state index in [0.29, 0.717) is 0 Å². The maximum atomic E-state index is 4.57. The van der Waals surface area contributed by atoms with Gasteiger partial charge in [-0.05, 0) is 12.3 Å². The summed E-state index contributed by atoms with van der Waals surface area (Å²) in [7, 11) is 0. The second-order valence-electron chi connectivity index (χ2n) is 4.23. The molecule has 1 aromatic carbocycles. The third-order valence-corrected chi connectivity index (χ3v) is 2.94. The second kappa shape index (κ2) is 5.02. The Morgan fingerprint density at radius 2 is 1.84 bits per heavy atom. The molecule has 4 heteroatoms. The number of nitrogens with zero attached hydrogens (tertiary/aromatic N) is 3. The Hall–Kier alpha value is -2.49. The number of hydrogen-bond donors (Lipinski definition) is 1. The molecular weight excluding hydrogens is 236 g/mol. The molecule has 0 atom stereocenters. The first-order valence-corrected chi connectivity index (χ1v) is 6.27. The van der Waals surface area contributed by atoms with E-state index in [0.717, 1.165) is 34.4 Å². The topological polar surface area (TPSA) is 50.7 Å². The molecule has 0 radical (unpaired) electrons. The molecule has 0 bridgehead atoms. The Morgan fingerprint density at radius 3 is 2.74 bits per heavy atom. The summed E-state index contributed by atoms with van der Waals surface area (Å²) in [5, 5.41) is 5.42. The van der Waals surface area contributed by atoms with Crippen LogP contribution in [0.2, 0.25) is 0 Å². The van der Waals surface area contributed by atoms with Crippen LogP contribution in [0.4, 0.5) is 5.82 Å². The number of hydrogen-bond acceptors (Lipinski definition) is 4. The van der Waals surface area contributed by atoms with Gasteiger partial charge in [0.25, 0.3) is 0 Å². The molecule has 3 rings (SSSR count). The van der Waals surface area contributed by atoms with E-state index in [1.54, 1.807) is 12.4 Å². The maximum Gasteiger partial charge on any atom is 0.145 e. The molecule has 3 aromatic rings. The smallest absolute Gasteiger partial charge is 0.145 e. The Labute approximate surface area is 111 Å². The number of fused-ring (bicyclic) bond motifs is 1. The number of benzene rings is 1. The predicted octanol–water partition coefficient (Wildman–Crippen LogP) is 3.12. The highest BCUT2D eigenvalue weighted by molar-refractivity contribution is 5.94. The minimum atomic E-state index is 0.785. The van der Waals surface area contributed by atoms with E-state index in [1.807, 2.05) is 37.5 Å². The van der Waals surface area contributed by atoms with E-state index in [2.05, 4.69) is 26.3 Å².